The van der Waals surface area contributed by atoms with Crippen molar-refractivity contribution < 1.29 is 9.47 Å². The van der Waals surface area contributed by atoms with E-state index in [4.69, 9.17) is 9.47 Å². The summed E-state index contributed by atoms with van der Waals surface area (Å²) in [5.41, 5.74) is 2.71. The molecule has 0 saturated heterocycles. The first-order valence-corrected chi connectivity index (χ1v) is 7.30. The molecule has 2 aromatic rings. The standard InChI is InChI=1S/C18H17N3O2/c1-22-17-9-8-13(10-18(17)23-2)16-11-15(12-19)21(20-16)14-6-4-3-5-7-14/h3-10,15H,11H2,1-2H3. The minimum absolute atomic E-state index is 0.305. The Kier molecular flexibility index (Phi) is 4.15. The second kappa shape index (κ2) is 6.41. The van der Waals surface area contributed by atoms with E-state index in [1.54, 1.807) is 19.2 Å². The number of benzene rings is 2. The minimum Gasteiger partial charge on any atom is -0.493 e. The number of methoxy groups -OCH3 is 2. The molecule has 1 unspecified atom stereocenters. The first-order chi connectivity index (χ1) is 11.3. The average Bonchev–Trinajstić information content (AvgIpc) is 3.06. The highest BCUT2D eigenvalue weighted by molar-refractivity contribution is 6.04. The molecule has 0 amide bonds. The predicted octanol–water partition coefficient (Wildman–Crippen LogP) is 3.21. The Morgan fingerprint density at radius 3 is 2.48 bits per heavy atom. The van der Waals surface area contributed by atoms with E-state index in [1.165, 1.54) is 0 Å². The molecule has 0 spiro atoms. The number of nitrogens with zero attached hydrogens (tertiary/aromatic N) is 3. The number of anilines is 1. The molecule has 116 valence electrons. The number of nitriles is 1. The van der Waals surface area contributed by atoms with E-state index >= 15 is 0 Å². The zero-order valence-corrected chi connectivity index (χ0v) is 13.1. The van der Waals surface area contributed by atoms with Crippen LogP contribution in [-0.2, 0) is 0 Å². The summed E-state index contributed by atoms with van der Waals surface area (Å²) in [6, 6.07) is 17.4. The zero-order valence-electron chi connectivity index (χ0n) is 13.1. The van der Waals surface area contributed by atoms with Gasteiger partial charge in [0, 0.05) is 12.0 Å². The Morgan fingerprint density at radius 2 is 1.83 bits per heavy atom. The van der Waals surface area contributed by atoms with Gasteiger partial charge >= 0.3 is 0 Å². The van der Waals surface area contributed by atoms with Gasteiger partial charge in [0.2, 0.25) is 0 Å². The number of hydrogen-bond donors (Lipinski definition) is 0. The van der Waals surface area contributed by atoms with Crippen LogP contribution in [0.4, 0.5) is 5.69 Å². The maximum atomic E-state index is 9.44. The molecule has 0 radical (unpaired) electrons. The Hall–Kier alpha value is -3.00. The molecule has 1 aliphatic heterocycles. The van der Waals surface area contributed by atoms with Gasteiger partial charge in [0.25, 0.3) is 0 Å². The lowest BCUT2D eigenvalue weighted by Crippen LogP contribution is -2.24. The number of hydrazone groups is 1. The van der Waals surface area contributed by atoms with Crippen LogP contribution in [0.5, 0.6) is 11.5 Å². The molecular weight excluding hydrogens is 290 g/mol. The average molecular weight is 307 g/mol. The summed E-state index contributed by atoms with van der Waals surface area (Å²) in [7, 11) is 3.21. The monoisotopic (exact) mass is 307 g/mol. The van der Waals surface area contributed by atoms with E-state index < -0.39 is 0 Å². The predicted molar refractivity (Wildman–Crippen MR) is 89.0 cm³/mol. The van der Waals surface area contributed by atoms with Crippen LogP contribution in [0.25, 0.3) is 0 Å². The normalized spacial score (nSPS) is 16.7. The largest absolute Gasteiger partial charge is 0.493 e. The van der Waals surface area contributed by atoms with Crippen LogP contribution in [0.3, 0.4) is 0 Å². The van der Waals surface area contributed by atoms with Crippen molar-refractivity contribution in [3.63, 3.8) is 0 Å². The summed E-state index contributed by atoms with van der Waals surface area (Å²) in [6.45, 7) is 0. The Labute approximate surface area is 135 Å². The van der Waals surface area contributed by atoms with Crippen LogP contribution in [-0.4, -0.2) is 26.0 Å². The van der Waals surface area contributed by atoms with Gasteiger partial charge in [0.1, 0.15) is 6.04 Å². The van der Waals surface area contributed by atoms with Gasteiger partial charge in [-0.2, -0.15) is 10.4 Å². The van der Waals surface area contributed by atoms with E-state index in [2.05, 4.69) is 11.2 Å². The molecule has 0 aromatic heterocycles. The van der Waals surface area contributed by atoms with Crippen molar-refractivity contribution in [2.24, 2.45) is 5.10 Å². The molecule has 23 heavy (non-hydrogen) atoms. The molecule has 3 rings (SSSR count). The fraction of sp³-hybridized carbons (Fsp3) is 0.222. The maximum Gasteiger partial charge on any atom is 0.161 e. The SMILES string of the molecule is COc1ccc(C2=NN(c3ccccc3)C(C#N)C2)cc1OC. The Morgan fingerprint density at radius 1 is 1.09 bits per heavy atom. The van der Waals surface area contributed by atoms with Gasteiger partial charge < -0.3 is 9.47 Å². The van der Waals surface area contributed by atoms with Gasteiger partial charge in [0.05, 0.1) is 31.7 Å². The second-order valence-electron chi connectivity index (χ2n) is 5.15. The van der Waals surface area contributed by atoms with E-state index in [9.17, 15) is 5.26 Å². The molecule has 5 heteroatoms. The molecule has 1 heterocycles. The van der Waals surface area contributed by atoms with Crippen LogP contribution >= 0.6 is 0 Å². The number of hydrogen-bond acceptors (Lipinski definition) is 5. The topological polar surface area (TPSA) is 57.8 Å². The molecule has 5 nitrogen and oxygen atoms in total. The smallest absolute Gasteiger partial charge is 0.161 e. The third kappa shape index (κ3) is 2.84. The summed E-state index contributed by atoms with van der Waals surface area (Å²) in [4.78, 5) is 0. The minimum atomic E-state index is -0.305. The van der Waals surface area contributed by atoms with Crippen LogP contribution in [0.1, 0.15) is 12.0 Å². The molecule has 0 saturated carbocycles. The highest BCUT2D eigenvalue weighted by Crippen LogP contribution is 2.31. The third-order valence-electron chi connectivity index (χ3n) is 3.80. The van der Waals surface area contributed by atoms with Crippen LogP contribution in [0.15, 0.2) is 53.6 Å². The fourth-order valence-corrected chi connectivity index (χ4v) is 2.62. The molecule has 0 bridgehead atoms. The Bertz CT molecular complexity index is 766. The van der Waals surface area contributed by atoms with Gasteiger partial charge in [-0.1, -0.05) is 18.2 Å². The summed E-state index contributed by atoms with van der Waals surface area (Å²) >= 11 is 0. The first kappa shape index (κ1) is 14.9. The van der Waals surface area contributed by atoms with Crippen molar-refractivity contribution in [2.45, 2.75) is 12.5 Å². The molecule has 1 atom stereocenters. The van der Waals surface area contributed by atoms with Gasteiger partial charge in [-0.25, -0.2) is 5.01 Å². The van der Waals surface area contributed by atoms with Crippen LogP contribution in [0, 0.1) is 11.3 Å². The van der Waals surface area contributed by atoms with Gasteiger partial charge in [0.15, 0.2) is 11.5 Å². The number of ether oxygens (including phenoxy) is 2. The quantitative estimate of drug-likeness (QED) is 0.870. The van der Waals surface area contributed by atoms with Gasteiger partial charge in [-0.3, -0.25) is 0 Å². The molecule has 0 aliphatic carbocycles. The van der Waals surface area contributed by atoms with E-state index in [1.807, 2.05) is 48.5 Å². The highest BCUT2D eigenvalue weighted by Gasteiger charge is 2.28. The zero-order chi connectivity index (χ0) is 16.2. The lowest BCUT2D eigenvalue weighted by molar-refractivity contribution is 0.355. The van der Waals surface area contributed by atoms with Crippen LogP contribution < -0.4 is 14.5 Å². The third-order valence-corrected chi connectivity index (χ3v) is 3.80. The molecule has 0 N–H and O–H groups in total. The number of rotatable bonds is 4. The highest BCUT2D eigenvalue weighted by atomic mass is 16.5. The first-order valence-electron chi connectivity index (χ1n) is 7.30. The Balaban J connectivity index is 1.96. The molecular formula is C18H17N3O2. The summed E-state index contributed by atoms with van der Waals surface area (Å²) in [6.07, 6.45) is 0.570. The van der Waals surface area contributed by atoms with Gasteiger partial charge in [-0.05, 0) is 30.3 Å². The van der Waals surface area contributed by atoms with E-state index in [0.717, 1.165) is 17.0 Å². The van der Waals surface area contributed by atoms with Gasteiger partial charge in [-0.15, -0.1) is 0 Å². The number of para-hydroxylation sites is 1. The van der Waals surface area contributed by atoms with Crippen molar-refractivity contribution in [3.8, 4) is 17.6 Å². The maximum absolute atomic E-state index is 9.44. The molecule has 0 fully saturated rings. The fourth-order valence-electron chi connectivity index (χ4n) is 2.62. The van der Waals surface area contributed by atoms with Crippen molar-refractivity contribution in [1.82, 2.24) is 0 Å². The van der Waals surface area contributed by atoms with Crippen molar-refractivity contribution in [3.05, 3.63) is 54.1 Å². The van der Waals surface area contributed by atoms with E-state index in [0.29, 0.717) is 17.9 Å². The van der Waals surface area contributed by atoms with Crippen molar-refractivity contribution in [1.29, 1.82) is 5.26 Å². The molecule has 1 aliphatic rings. The summed E-state index contributed by atoms with van der Waals surface area (Å²) < 4.78 is 10.6. The second-order valence-corrected chi connectivity index (χ2v) is 5.15. The lowest BCUT2D eigenvalue weighted by Gasteiger charge is -2.17. The molecule has 2 aromatic carbocycles. The van der Waals surface area contributed by atoms with Crippen molar-refractivity contribution >= 4 is 11.4 Å². The lowest BCUT2D eigenvalue weighted by atomic mass is 10.0. The van der Waals surface area contributed by atoms with Crippen LogP contribution in [0.2, 0.25) is 0 Å². The van der Waals surface area contributed by atoms with E-state index in [-0.39, 0.29) is 6.04 Å². The van der Waals surface area contributed by atoms with Crippen molar-refractivity contribution in [2.75, 3.05) is 19.2 Å². The summed E-state index contributed by atoms with van der Waals surface area (Å²) in [5.74, 6) is 1.32. The summed E-state index contributed by atoms with van der Waals surface area (Å²) in [5, 5.41) is 15.8.